The van der Waals surface area contributed by atoms with Crippen LogP contribution >= 0.6 is 11.6 Å². The van der Waals surface area contributed by atoms with Crippen LogP contribution in [0, 0.1) is 0 Å². The number of halogens is 1. The third kappa shape index (κ3) is 3.11. The van der Waals surface area contributed by atoms with Gasteiger partial charge in [-0.25, -0.2) is 0 Å². The highest BCUT2D eigenvalue weighted by atomic mass is 35.5. The Morgan fingerprint density at radius 2 is 1.76 bits per heavy atom. The Hall–Kier alpha value is -1.73. The summed E-state index contributed by atoms with van der Waals surface area (Å²) in [4.78, 5) is 0. The van der Waals surface area contributed by atoms with Gasteiger partial charge in [-0.1, -0.05) is 66.2 Å². The summed E-state index contributed by atoms with van der Waals surface area (Å²) < 4.78 is 0. The van der Waals surface area contributed by atoms with E-state index in [4.69, 9.17) is 11.6 Å². The Morgan fingerprint density at radius 1 is 1.00 bits per heavy atom. The normalized spacial score (nSPS) is 10.9. The fourth-order valence-corrected chi connectivity index (χ4v) is 1.80. The second kappa shape index (κ2) is 5.55. The lowest BCUT2D eigenvalue weighted by Gasteiger charge is -2.02. The number of aromatic hydroxyl groups is 1. The highest BCUT2D eigenvalue weighted by molar-refractivity contribution is 6.32. The lowest BCUT2D eigenvalue weighted by Crippen LogP contribution is -1.82. The number of allylic oxidation sites excluding steroid dienone is 1. The molecule has 0 saturated carbocycles. The molecule has 0 aliphatic carbocycles. The van der Waals surface area contributed by atoms with E-state index < -0.39 is 0 Å². The highest BCUT2D eigenvalue weighted by Gasteiger charge is 2.02. The molecule has 0 unspecified atom stereocenters. The average molecular weight is 245 g/mol. The van der Waals surface area contributed by atoms with E-state index in [9.17, 15) is 5.11 Å². The van der Waals surface area contributed by atoms with E-state index in [-0.39, 0.29) is 5.75 Å². The molecule has 0 radical (unpaired) electrons. The molecule has 0 amide bonds. The third-order valence-electron chi connectivity index (χ3n) is 2.52. The quantitative estimate of drug-likeness (QED) is 0.854. The zero-order valence-corrected chi connectivity index (χ0v) is 10.1. The topological polar surface area (TPSA) is 20.2 Å². The molecule has 86 valence electrons. The van der Waals surface area contributed by atoms with Crippen LogP contribution in [-0.4, -0.2) is 5.11 Å². The van der Waals surface area contributed by atoms with Crippen LogP contribution in [0.3, 0.4) is 0 Å². The Bertz CT molecular complexity index is 518. The SMILES string of the molecule is Oc1c(Cl)cccc1C/C=C/c1ccccc1. The molecule has 0 spiro atoms. The third-order valence-corrected chi connectivity index (χ3v) is 2.82. The van der Waals surface area contributed by atoms with Crippen molar-refractivity contribution in [2.24, 2.45) is 0 Å². The first kappa shape index (κ1) is 11.7. The molecule has 0 aliphatic rings. The minimum absolute atomic E-state index is 0.173. The monoisotopic (exact) mass is 244 g/mol. The standard InChI is InChI=1S/C15H13ClO/c16-14-11-5-10-13(15(14)17)9-4-8-12-6-2-1-3-7-12/h1-8,10-11,17H,9H2/b8-4+. The number of rotatable bonds is 3. The van der Waals surface area contributed by atoms with Crippen LogP contribution in [-0.2, 0) is 6.42 Å². The van der Waals surface area contributed by atoms with Crippen molar-refractivity contribution >= 4 is 17.7 Å². The van der Waals surface area contributed by atoms with Gasteiger partial charge in [0.1, 0.15) is 5.75 Å². The molecule has 0 heterocycles. The molecule has 2 aromatic rings. The fourth-order valence-electron chi connectivity index (χ4n) is 1.61. The number of hydrogen-bond acceptors (Lipinski definition) is 1. The van der Waals surface area contributed by atoms with E-state index in [0.717, 1.165) is 11.1 Å². The Labute approximate surface area is 106 Å². The predicted octanol–water partition coefficient (Wildman–Crippen LogP) is 4.30. The van der Waals surface area contributed by atoms with Gasteiger partial charge >= 0.3 is 0 Å². The van der Waals surface area contributed by atoms with E-state index in [1.165, 1.54) is 0 Å². The molecule has 0 aromatic heterocycles. The maximum absolute atomic E-state index is 9.73. The summed E-state index contributed by atoms with van der Waals surface area (Å²) in [5.41, 5.74) is 1.98. The predicted molar refractivity (Wildman–Crippen MR) is 72.3 cm³/mol. The summed E-state index contributed by atoms with van der Waals surface area (Å²) >= 11 is 5.84. The lowest BCUT2D eigenvalue weighted by molar-refractivity contribution is 0.470. The van der Waals surface area contributed by atoms with Gasteiger partial charge in [0.25, 0.3) is 0 Å². The molecule has 1 nitrogen and oxygen atoms in total. The first-order valence-electron chi connectivity index (χ1n) is 5.45. The average Bonchev–Trinajstić information content (AvgIpc) is 2.36. The van der Waals surface area contributed by atoms with Crippen molar-refractivity contribution in [1.82, 2.24) is 0 Å². The maximum Gasteiger partial charge on any atom is 0.137 e. The maximum atomic E-state index is 9.73. The van der Waals surface area contributed by atoms with Crippen LogP contribution in [0.15, 0.2) is 54.6 Å². The summed E-state index contributed by atoms with van der Waals surface area (Å²) in [5.74, 6) is 0.173. The highest BCUT2D eigenvalue weighted by Crippen LogP contribution is 2.27. The number of phenolic OH excluding ortho intramolecular Hbond substituents is 1. The van der Waals surface area contributed by atoms with Crippen molar-refractivity contribution in [1.29, 1.82) is 0 Å². The van der Waals surface area contributed by atoms with Gasteiger partial charge in [0.15, 0.2) is 0 Å². The van der Waals surface area contributed by atoms with Crippen LogP contribution in [0.2, 0.25) is 5.02 Å². The van der Waals surface area contributed by atoms with Gasteiger partial charge in [-0.15, -0.1) is 0 Å². The van der Waals surface area contributed by atoms with Crippen molar-refractivity contribution in [3.8, 4) is 5.75 Å². The van der Waals surface area contributed by atoms with Crippen molar-refractivity contribution in [2.75, 3.05) is 0 Å². The summed E-state index contributed by atoms with van der Waals surface area (Å²) in [5, 5.41) is 10.1. The molecule has 17 heavy (non-hydrogen) atoms. The van der Waals surface area contributed by atoms with Gasteiger partial charge in [-0.3, -0.25) is 0 Å². The van der Waals surface area contributed by atoms with Gasteiger partial charge in [0.05, 0.1) is 5.02 Å². The van der Waals surface area contributed by atoms with Crippen LogP contribution in [0.1, 0.15) is 11.1 Å². The van der Waals surface area contributed by atoms with Crippen molar-refractivity contribution < 1.29 is 5.11 Å². The van der Waals surface area contributed by atoms with Crippen LogP contribution in [0.25, 0.3) is 6.08 Å². The van der Waals surface area contributed by atoms with E-state index in [2.05, 4.69) is 0 Å². The summed E-state index contributed by atoms with van der Waals surface area (Å²) in [6.45, 7) is 0. The van der Waals surface area contributed by atoms with Crippen molar-refractivity contribution in [3.05, 3.63) is 70.8 Å². The minimum atomic E-state index is 0.173. The van der Waals surface area contributed by atoms with Crippen molar-refractivity contribution in [3.63, 3.8) is 0 Å². The first-order valence-corrected chi connectivity index (χ1v) is 5.83. The molecule has 2 heteroatoms. The molecular formula is C15H13ClO. The Balaban J connectivity index is 2.08. The molecule has 0 bridgehead atoms. The largest absolute Gasteiger partial charge is 0.506 e. The van der Waals surface area contributed by atoms with E-state index >= 15 is 0 Å². The van der Waals surface area contributed by atoms with E-state index in [0.29, 0.717) is 11.4 Å². The second-order valence-electron chi connectivity index (χ2n) is 3.76. The van der Waals surface area contributed by atoms with Gasteiger partial charge in [-0.05, 0) is 23.6 Å². The van der Waals surface area contributed by atoms with Crippen LogP contribution < -0.4 is 0 Å². The van der Waals surface area contributed by atoms with Gasteiger partial charge in [0, 0.05) is 0 Å². The van der Waals surface area contributed by atoms with E-state index in [1.54, 1.807) is 6.07 Å². The molecular weight excluding hydrogens is 232 g/mol. The molecule has 2 rings (SSSR count). The zero-order chi connectivity index (χ0) is 12.1. The number of benzene rings is 2. The van der Waals surface area contributed by atoms with Crippen molar-refractivity contribution in [2.45, 2.75) is 6.42 Å². The second-order valence-corrected chi connectivity index (χ2v) is 4.17. The first-order chi connectivity index (χ1) is 8.27. The molecule has 2 aromatic carbocycles. The minimum Gasteiger partial charge on any atom is -0.506 e. The fraction of sp³-hybridized carbons (Fsp3) is 0.0667. The van der Waals surface area contributed by atoms with Crippen LogP contribution in [0.5, 0.6) is 5.75 Å². The van der Waals surface area contributed by atoms with Gasteiger partial charge in [-0.2, -0.15) is 0 Å². The molecule has 0 aliphatic heterocycles. The van der Waals surface area contributed by atoms with Gasteiger partial charge in [0.2, 0.25) is 0 Å². The Morgan fingerprint density at radius 3 is 2.53 bits per heavy atom. The van der Waals surface area contributed by atoms with Crippen LogP contribution in [0.4, 0.5) is 0 Å². The summed E-state index contributed by atoms with van der Waals surface area (Å²) in [6.07, 6.45) is 4.71. The smallest absolute Gasteiger partial charge is 0.137 e. The molecule has 0 fully saturated rings. The Kier molecular flexibility index (Phi) is 3.84. The lowest BCUT2D eigenvalue weighted by atomic mass is 10.1. The molecule has 1 N–H and O–H groups in total. The number of hydrogen-bond donors (Lipinski definition) is 1. The molecule has 0 atom stereocenters. The number of para-hydroxylation sites is 1. The molecule has 0 saturated heterocycles. The summed E-state index contributed by atoms with van der Waals surface area (Å²) in [6, 6.07) is 15.4. The number of phenols is 1. The zero-order valence-electron chi connectivity index (χ0n) is 9.31. The van der Waals surface area contributed by atoms with Gasteiger partial charge < -0.3 is 5.11 Å². The summed E-state index contributed by atoms with van der Waals surface area (Å²) in [7, 11) is 0. The van der Waals surface area contributed by atoms with E-state index in [1.807, 2.05) is 54.6 Å².